The second-order valence-electron chi connectivity index (χ2n) is 3.83. The van der Waals surface area contributed by atoms with E-state index < -0.39 is 0 Å². The van der Waals surface area contributed by atoms with Crippen molar-refractivity contribution in [3.63, 3.8) is 0 Å². The number of nitrogens with zero attached hydrogens (tertiary/aromatic N) is 1. The number of hydrogen-bond acceptors (Lipinski definition) is 3. The molecule has 86 valence electrons. The number of halogens is 1. The number of hydrogen-bond donors (Lipinski definition) is 2. The van der Waals surface area contributed by atoms with Crippen molar-refractivity contribution < 1.29 is 4.79 Å². The van der Waals surface area contributed by atoms with Gasteiger partial charge in [-0.15, -0.1) is 0 Å². The first-order chi connectivity index (χ1) is 7.77. The minimum atomic E-state index is -0.0991. The van der Waals surface area contributed by atoms with E-state index in [2.05, 4.69) is 15.6 Å². The van der Waals surface area contributed by atoms with Gasteiger partial charge in [0.05, 0.1) is 11.1 Å². The summed E-state index contributed by atoms with van der Waals surface area (Å²) in [5.74, 6) is 0.0800. The number of nitrogens with one attached hydrogen (secondary N) is 2. The van der Waals surface area contributed by atoms with E-state index in [9.17, 15) is 4.79 Å². The van der Waals surface area contributed by atoms with Crippen LogP contribution in [0.1, 0.15) is 18.4 Å². The van der Waals surface area contributed by atoms with Crippen LogP contribution in [0.5, 0.6) is 0 Å². The molecule has 0 aliphatic carbocycles. The third-order valence-corrected chi connectivity index (χ3v) is 3.02. The van der Waals surface area contributed by atoms with Gasteiger partial charge in [-0.1, -0.05) is 11.6 Å². The fourth-order valence-electron chi connectivity index (χ4n) is 1.75. The highest BCUT2D eigenvalue weighted by atomic mass is 35.5. The molecule has 2 rings (SSSR count). The molecule has 5 heteroatoms. The standard InChI is InChI=1S/C11H14ClN3O/c12-9-7-13-5-3-8(9)6-15-10-2-1-4-14-11(10)16/h3,5,7,10,15H,1-2,4,6H2,(H,14,16). The minimum absolute atomic E-state index is 0.0800. The average Bonchev–Trinajstić information content (AvgIpc) is 2.30. The Kier molecular flexibility index (Phi) is 3.74. The molecule has 0 saturated carbocycles. The van der Waals surface area contributed by atoms with Crippen molar-refractivity contribution >= 4 is 17.5 Å². The van der Waals surface area contributed by atoms with Gasteiger partial charge in [-0.3, -0.25) is 9.78 Å². The third-order valence-electron chi connectivity index (χ3n) is 2.68. The summed E-state index contributed by atoms with van der Waals surface area (Å²) in [6, 6.07) is 1.76. The number of rotatable bonds is 3. The van der Waals surface area contributed by atoms with Gasteiger partial charge in [-0.2, -0.15) is 0 Å². The van der Waals surface area contributed by atoms with E-state index in [1.165, 1.54) is 0 Å². The zero-order chi connectivity index (χ0) is 11.4. The zero-order valence-corrected chi connectivity index (χ0v) is 9.63. The van der Waals surface area contributed by atoms with Crippen LogP contribution in [0.4, 0.5) is 0 Å². The number of aromatic nitrogens is 1. The lowest BCUT2D eigenvalue weighted by atomic mass is 10.1. The monoisotopic (exact) mass is 239 g/mol. The molecule has 4 nitrogen and oxygen atoms in total. The Balaban J connectivity index is 1.92. The summed E-state index contributed by atoms with van der Waals surface area (Å²) in [7, 11) is 0. The summed E-state index contributed by atoms with van der Waals surface area (Å²) in [6.45, 7) is 1.38. The maximum Gasteiger partial charge on any atom is 0.237 e. The van der Waals surface area contributed by atoms with E-state index in [-0.39, 0.29) is 11.9 Å². The Labute approximate surface area is 99.4 Å². The molecule has 1 amide bonds. The smallest absolute Gasteiger partial charge is 0.237 e. The van der Waals surface area contributed by atoms with Crippen molar-refractivity contribution in [1.82, 2.24) is 15.6 Å². The summed E-state index contributed by atoms with van der Waals surface area (Å²) in [6.07, 6.45) is 5.21. The van der Waals surface area contributed by atoms with E-state index in [1.807, 2.05) is 6.07 Å². The molecule has 16 heavy (non-hydrogen) atoms. The fourth-order valence-corrected chi connectivity index (χ4v) is 1.93. The summed E-state index contributed by atoms with van der Waals surface area (Å²) in [5, 5.41) is 6.67. The molecule has 1 aromatic rings. The van der Waals surface area contributed by atoms with Crippen LogP contribution in [-0.2, 0) is 11.3 Å². The highest BCUT2D eigenvalue weighted by molar-refractivity contribution is 6.31. The zero-order valence-electron chi connectivity index (χ0n) is 8.87. The van der Waals surface area contributed by atoms with Crippen LogP contribution in [0.25, 0.3) is 0 Å². The molecule has 1 aliphatic heterocycles. The maximum absolute atomic E-state index is 11.5. The van der Waals surface area contributed by atoms with Gasteiger partial charge in [0.2, 0.25) is 5.91 Å². The van der Waals surface area contributed by atoms with Gasteiger partial charge in [-0.25, -0.2) is 0 Å². The molecule has 2 N–H and O–H groups in total. The Hall–Kier alpha value is -1.13. The average molecular weight is 240 g/mol. The van der Waals surface area contributed by atoms with Crippen molar-refractivity contribution in [3.8, 4) is 0 Å². The van der Waals surface area contributed by atoms with Gasteiger partial charge in [0.1, 0.15) is 0 Å². The maximum atomic E-state index is 11.5. The Bertz CT molecular complexity index is 383. The second-order valence-corrected chi connectivity index (χ2v) is 4.24. The first kappa shape index (κ1) is 11.4. The van der Waals surface area contributed by atoms with Gasteiger partial charge < -0.3 is 10.6 Å². The van der Waals surface area contributed by atoms with Crippen molar-refractivity contribution in [3.05, 3.63) is 29.0 Å². The van der Waals surface area contributed by atoms with Crippen molar-refractivity contribution in [2.75, 3.05) is 6.54 Å². The van der Waals surface area contributed by atoms with E-state index in [4.69, 9.17) is 11.6 Å². The number of carbonyl (C=O) groups excluding carboxylic acids is 1. The molecule has 0 radical (unpaired) electrons. The van der Waals surface area contributed by atoms with Crippen LogP contribution in [0, 0.1) is 0 Å². The number of pyridine rings is 1. The highest BCUT2D eigenvalue weighted by Gasteiger charge is 2.21. The summed E-state index contributed by atoms with van der Waals surface area (Å²) < 4.78 is 0. The quantitative estimate of drug-likeness (QED) is 0.831. The van der Waals surface area contributed by atoms with Gasteiger partial charge in [0.25, 0.3) is 0 Å². The number of amides is 1. The normalized spacial score (nSPS) is 20.6. The molecule has 1 atom stereocenters. The van der Waals surface area contributed by atoms with Crippen LogP contribution in [0.2, 0.25) is 5.02 Å². The van der Waals surface area contributed by atoms with Crippen LogP contribution in [0.15, 0.2) is 18.5 Å². The van der Waals surface area contributed by atoms with Crippen LogP contribution in [0.3, 0.4) is 0 Å². The largest absolute Gasteiger partial charge is 0.355 e. The van der Waals surface area contributed by atoms with Gasteiger partial charge in [-0.05, 0) is 24.5 Å². The van der Waals surface area contributed by atoms with Gasteiger partial charge in [0, 0.05) is 25.5 Å². The Morgan fingerprint density at radius 1 is 1.62 bits per heavy atom. The lowest BCUT2D eigenvalue weighted by molar-refractivity contribution is -0.124. The molecule has 0 spiro atoms. The Morgan fingerprint density at radius 3 is 3.25 bits per heavy atom. The van der Waals surface area contributed by atoms with E-state index in [1.54, 1.807) is 12.4 Å². The van der Waals surface area contributed by atoms with E-state index >= 15 is 0 Å². The molecular weight excluding hydrogens is 226 g/mol. The first-order valence-electron chi connectivity index (χ1n) is 5.37. The SMILES string of the molecule is O=C1NCCCC1NCc1ccncc1Cl. The summed E-state index contributed by atoms with van der Waals surface area (Å²) in [4.78, 5) is 15.4. The molecular formula is C11H14ClN3O. The van der Waals surface area contributed by atoms with E-state index in [0.717, 1.165) is 24.9 Å². The molecule has 1 unspecified atom stereocenters. The van der Waals surface area contributed by atoms with Gasteiger partial charge in [0.15, 0.2) is 0 Å². The second kappa shape index (κ2) is 5.27. The first-order valence-corrected chi connectivity index (χ1v) is 5.74. The number of piperidine rings is 1. The third kappa shape index (κ3) is 2.71. The highest BCUT2D eigenvalue weighted by Crippen LogP contribution is 2.13. The van der Waals surface area contributed by atoms with Crippen LogP contribution in [-0.4, -0.2) is 23.5 Å². The van der Waals surface area contributed by atoms with Crippen molar-refractivity contribution in [1.29, 1.82) is 0 Å². The molecule has 1 aliphatic rings. The van der Waals surface area contributed by atoms with Crippen LogP contribution >= 0.6 is 11.6 Å². The molecule has 0 aromatic carbocycles. The molecule has 2 heterocycles. The van der Waals surface area contributed by atoms with Crippen molar-refractivity contribution in [2.45, 2.75) is 25.4 Å². The molecule has 1 saturated heterocycles. The lowest BCUT2D eigenvalue weighted by Crippen LogP contribution is -2.47. The summed E-state index contributed by atoms with van der Waals surface area (Å²) >= 11 is 5.98. The Morgan fingerprint density at radius 2 is 2.50 bits per heavy atom. The predicted octanol–water partition coefficient (Wildman–Crippen LogP) is 1.10. The minimum Gasteiger partial charge on any atom is -0.355 e. The van der Waals surface area contributed by atoms with Crippen molar-refractivity contribution in [2.24, 2.45) is 0 Å². The predicted molar refractivity (Wildman–Crippen MR) is 62.1 cm³/mol. The fraction of sp³-hybridized carbons (Fsp3) is 0.455. The van der Waals surface area contributed by atoms with Crippen LogP contribution < -0.4 is 10.6 Å². The van der Waals surface area contributed by atoms with E-state index in [0.29, 0.717) is 11.6 Å². The van der Waals surface area contributed by atoms with Gasteiger partial charge >= 0.3 is 0 Å². The molecule has 1 fully saturated rings. The topological polar surface area (TPSA) is 54.0 Å². The molecule has 0 bridgehead atoms. The lowest BCUT2D eigenvalue weighted by Gasteiger charge is -2.22. The molecule has 1 aromatic heterocycles. The summed E-state index contributed by atoms with van der Waals surface area (Å²) in [5.41, 5.74) is 0.968. The number of carbonyl (C=O) groups is 1.